The third-order valence-electron chi connectivity index (χ3n) is 3.04. The molecular formula is C12H16N2O3. The van der Waals surface area contributed by atoms with Gasteiger partial charge in [0.05, 0.1) is 7.11 Å². The molecule has 0 amide bonds. The highest BCUT2D eigenvalue weighted by Gasteiger charge is 2.29. The van der Waals surface area contributed by atoms with Gasteiger partial charge in [0.15, 0.2) is 0 Å². The van der Waals surface area contributed by atoms with Gasteiger partial charge < -0.3 is 14.6 Å². The predicted molar refractivity (Wildman–Crippen MR) is 64.1 cm³/mol. The van der Waals surface area contributed by atoms with Crippen LogP contribution in [0.3, 0.4) is 0 Å². The molecule has 1 N–H and O–H groups in total. The lowest BCUT2D eigenvalue weighted by Gasteiger charge is -2.34. The standard InChI is InChI=1S/C12H16N2O3/c1-17-12(16)9-5-2-3-8-14(9)10-6-4-7-11(15)13-10/h4,6-7,9H,2-3,5,8H2,1H3,(H,13,15). The summed E-state index contributed by atoms with van der Waals surface area (Å²) in [5.41, 5.74) is -0.156. The Kier molecular flexibility index (Phi) is 3.46. The van der Waals surface area contributed by atoms with Gasteiger partial charge >= 0.3 is 5.97 Å². The van der Waals surface area contributed by atoms with Crippen LogP contribution >= 0.6 is 0 Å². The summed E-state index contributed by atoms with van der Waals surface area (Å²) in [7, 11) is 1.39. The molecular weight excluding hydrogens is 220 g/mol. The first-order valence-electron chi connectivity index (χ1n) is 5.76. The Bertz CT molecular complexity index is 455. The molecule has 1 aromatic heterocycles. The molecule has 2 rings (SSSR count). The van der Waals surface area contributed by atoms with E-state index in [-0.39, 0.29) is 17.6 Å². The summed E-state index contributed by atoms with van der Waals surface area (Å²) >= 11 is 0. The molecule has 1 aromatic rings. The lowest BCUT2D eigenvalue weighted by Crippen LogP contribution is -2.46. The highest BCUT2D eigenvalue weighted by Crippen LogP contribution is 2.22. The molecule has 1 saturated heterocycles. The van der Waals surface area contributed by atoms with Gasteiger partial charge in [0.2, 0.25) is 5.56 Å². The molecule has 2 heterocycles. The van der Waals surface area contributed by atoms with Gasteiger partial charge in [-0.05, 0) is 25.3 Å². The van der Waals surface area contributed by atoms with Crippen molar-refractivity contribution in [2.75, 3.05) is 18.6 Å². The smallest absolute Gasteiger partial charge is 0.328 e. The predicted octanol–water partition coefficient (Wildman–Crippen LogP) is 0.907. The topological polar surface area (TPSA) is 62.4 Å². The second-order valence-corrected chi connectivity index (χ2v) is 4.13. The van der Waals surface area contributed by atoms with Gasteiger partial charge in [0, 0.05) is 12.6 Å². The van der Waals surface area contributed by atoms with E-state index in [1.165, 1.54) is 13.2 Å². The Labute approximate surface area is 99.4 Å². The minimum atomic E-state index is -0.285. The van der Waals surface area contributed by atoms with E-state index in [2.05, 4.69) is 4.98 Å². The third-order valence-corrected chi connectivity index (χ3v) is 3.04. The molecule has 5 nitrogen and oxygen atoms in total. The fourth-order valence-electron chi connectivity index (χ4n) is 2.20. The van der Waals surface area contributed by atoms with Crippen LogP contribution in [0.2, 0.25) is 0 Å². The van der Waals surface area contributed by atoms with Gasteiger partial charge in [0.25, 0.3) is 0 Å². The molecule has 92 valence electrons. The van der Waals surface area contributed by atoms with Crippen LogP contribution in [-0.4, -0.2) is 30.6 Å². The van der Waals surface area contributed by atoms with Gasteiger partial charge in [-0.2, -0.15) is 0 Å². The number of H-pyrrole nitrogens is 1. The SMILES string of the molecule is COC(=O)C1CCCCN1c1cccc(=O)[nH]1. The molecule has 1 aliphatic heterocycles. The largest absolute Gasteiger partial charge is 0.467 e. The first-order valence-corrected chi connectivity index (χ1v) is 5.76. The number of aromatic amines is 1. The molecule has 0 aromatic carbocycles. The van der Waals surface area contributed by atoms with Crippen LogP contribution in [0.15, 0.2) is 23.0 Å². The average molecular weight is 236 g/mol. The average Bonchev–Trinajstić information content (AvgIpc) is 2.38. The van der Waals surface area contributed by atoms with E-state index in [4.69, 9.17) is 4.74 Å². The van der Waals surface area contributed by atoms with Crippen molar-refractivity contribution in [2.45, 2.75) is 25.3 Å². The number of piperidine rings is 1. The molecule has 1 unspecified atom stereocenters. The van der Waals surface area contributed by atoms with Crippen LogP contribution in [-0.2, 0) is 9.53 Å². The monoisotopic (exact) mass is 236 g/mol. The molecule has 1 aliphatic rings. The lowest BCUT2D eigenvalue weighted by atomic mass is 10.0. The van der Waals surface area contributed by atoms with Crippen LogP contribution in [0.5, 0.6) is 0 Å². The number of hydrogen-bond acceptors (Lipinski definition) is 4. The Morgan fingerprint density at radius 1 is 1.47 bits per heavy atom. The molecule has 0 spiro atoms. The maximum Gasteiger partial charge on any atom is 0.328 e. The first kappa shape index (κ1) is 11.7. The van der Waals surface area contributed by atoms with Crippen molar-refractivity contribution >= 4 is 11.8 Å². The molecule has 0 aliphatic carbocycles. The summed E-state index contributed by atoms with van der Waals surface area (Å²) in [4.78, 5) is 27.6. The first-order chi connectivity index (χ1) is 8.22. The Balaban J connectivity index is 2.27. The minimum Gasteiger partial charge on any atom is -0.467 e. The van der Waals surface area contributed by atoms with Crippen molar-refractivity contribution in [1.82, 2.24) is 4.98 Å². The van der Waals surface area contributed by atoms with E-state index in [1.54, 1.807) is 6.07 Å². The van der Waals surface area contributed by atoms with Crippen molar-refractivity contribution in [2.24, 2.45) is 0 Å². The van der Waals surface area contributed by atoms with E-state index in [9.17, 15) is 9.59 Å². The summed E-state index contributed by atoms with van der Waals surface area (Å²) < 4.78 is 4.80. The summed E-state index contributed by atoms with van der Waals surface area (Å²) in [6, 6.07) is 4.67. The number of esters is 1. The molecule has 1 atom stereocenters. The van der Waals surface area contributed by atoms with Gasteiger partial charge in [-0.15, -0.1) is 0 Å². The van der Waals surface area contributed by atoms with E-state index in [0.717, 1.165) is 25.8 Å². The number of methoxy groups -OCH3 is 1. The van der Waals surface area contributed by atoms with Crippen LogP contribution in [0.25, 0.3) is 0 Å². The quantitative estimate of drug-likeness (QED) is 0.775. The van der Waals surface area contributed by atoms with Crippen molar-refractivity contribution in [3.05, 3.63) is 28.6 Å². The van der Waals surface area contributed by atoms with Crippen LogP contribution < -0.4 is 10.5 Å². The van der Waals surface area contributed by atoms with Crippen molar-refractivity contribution in [3.8, 4) is 0 Å². The van der Waals surface area contributed by atoms with E-state index < -0.39 is 0 Å². The highest BCUT2D eigenvalue weighted by molar-refractivity contribution is 5.79. The molecule has 0 radical (unpaired) electrons. The van der Waals surface area contributed by atoms with Crippen LogP contribution in [0.4, 0.5) is 5.82 Å². The van der Waals surface area contributed by atoms with E-state index >= 15 is 0 Å². The molecule has 1 fully saturated rings. The highest BCUT2D eigenvalue weighted by atomic mass is 16.5. The number of anilines is 1. The zero-order chi connectivity index (χ0) is 12.3. The normalized spacial score (nSPS) is 20.1. The zero-order valence-corrected chi connectivity index (χ0v) is 9.81. The van der Waals surface area contributed by atoms with Crippen molar-refractivity contribution in [3.63, 3.8) is 0 Å². The van der Waals surface area contributed by atoms with Crippen LogP contribution in [0, 0.1) is 0 Å². The van der Waals surface area contributed by atoms with Crippen LogP contribution in [0.1, 0.15) is 19.3 Å². The Hall–Kier alpha value is -1.78. The molecule has 0 saturated carbocycles. The molecule has 17 heavy (non-hydrogen) atoms. The van der Waals surface area contributed by atoms with Gasteiger partial charge in [-0.1, -0.05) is 6.07 Å². The number of hydrogen-bond donors (Lipinski definition) is 1. The number of pyridine rings is 1. The second kappa shape index (κ2) is 5.03. The fraction of sp³-hybridized carbons (Fsp3) is 0.500. The lowest BCUT2D eigenvalue weighted by molar-refractivity contribution is -0.142. The minimum absolute atomic E-state index is 0.156. The zero-order valence-electron chi connectivity index (χ0n) is 9.81. The molecule has 5 heteroatoms. The molecule has 0 bridgehead atoms. The Morgan fingerprint density at radius 2 is 2.29 bits per heavy atom. The number of aromatic nitrogens is 1. The second-order valence-electron chi connectivity index (χ2n) is 4.13. The maximum absolute atomic E-state index is 11.7. The number of carbonyl (C=O) groups excluding carboxylic acids is 1. The van der Waals surface area contributed by atoms with Crippen molar-refractivity contribution in [1.29, 1.82) is 0 Å². The fourth-order valence-corrected chi connectivity index (χ4v) is 2.20. The summed E-state index contributed by atoms with van der Waals surface area (Å²) in [5.74, 6) is 0.446. The van der Waals surface area contributed by atoms with Crippen molar-refractivity contribution < 1.29 is 9.53 Å². The van der Waals surface area contributed by atoms with E-state index in [0.29, 0.717) is 5.82 Å². The van der Waals surface area contributed by atoms with E-state index in [1.807, 2.05) is 11.0 Å². The Morgan fingerprint density at radius 3 is 3.00 bits per heavy atom. The van der Waals surface area contributed by atoms with Gasteiger partial charge in [0.1, 0.15) is 11.9 Å². The number of ether oxygens (including phenoxy) is 1. The number of nitrogens with zero attached hydrogens (tertiary/aromatic N) is 1. The maximum atomic E-state index is 11.7. The third kappa shape index (κ3) is 2.49. The summed E-state index contributed by atoms with van der Waals surface area (Å²) in [6.07, 6.45) is 2.79. The summed E-state index contributed by atoms with van der Waals surface area (Å²) in [6.45, 7) is 0.764. The number of carbonyl (C=O) groups is 1. The number of nitrogens with one attached hydrogen (secondary N) is 1. The van der Waals surface area contributed by atoms with Gasteiger partial charge in [-0.3, -0.25) is 4.79 Å². The number of rotatable bonds is 2. The summed E-state index contributed by atoms with van der Waals surface area (Å²) in [5, 5.41) is 0. The van der Waals surface area contributed by atoms with Gasteiger partial charge in [-0.25, -0.2) is 4.79 Å².